The van der Waals surface area contributed by atoms with Crippen molar-refractivity contribution in [2.45, 2.75) is 51.6 Å². The van der Waals surface area contributed by atoms with Crippen LogP contribution in [0.25, 0.3) is 11.0 Å². The van der Waals surface area contributed by atoms with E-state index in [9.17, 15) is 14.4 Å². The van der Waals surface area contributed by atoms with Crippen molar-refractivity contribution >= 4 is 39.1 Å². The van der Waals surface area contributed by atoms with Gasteiger partial charge in [-0.3, -0.25) is 14.4 Å². The fourth-order valence-corrected chi connectivity index (χ4v) is 5.82. The summed E-state index contributed by atoms with van der Waals surface area (Å²) in [6.07, 6.45) is 5.77. The van der Waals surface area contributed by atoms with Gasteiger partial charge in [0.05, 0.1) is 17.1 Å². The van der Waals surface area contributed by atoms with E-state index >= 15 is 0 Å². The third-order valence-electron chi connectivity index (χ3n) is 6.25. The highest BCUT2D eigenvalue weighted by molar-refractivity contribution is 7.17. The van der Waals surface area contributed by atoms with Crippen LogP contribution in [0.3, 0.4) is 0 Å². The number of carbonyl (C=O) groups is 2. The average molecular weight is 467 g/mol. The summed E-state index contributed by atoms with van der Waals surface area (Å²) >= 11 is 1.44. The lowest BCUT2D eigenvalue weighted by Gasteiger charge is -2.15. The fraction of sp³-hybridized carbons (Fsp3) is 0.400. The fourth-order valence-electron chi connectivity index (χ4n) is 4.54. The Morgan fingerprint density at radius 3 is 2.79 bits per heavy atom. The third kappa shape index (κ3) is 4.45. The molecule has 2 amide bonds. The van der Waals surface area contributed by atoms with Gasteiger partial charge in [0.1, 0.15) is 10.6 Å². The topological polar surface area (TPSA) is 97.6 Å². The summed E-state index contributed by atoms with van der Waals surface area (Å²) in [6, 6.07) is 6.47. The van der Waals surface area contributed by atoms with E-state index in [1.54, 1.807) is 12.1 Å². The first-order valence-corrected chi connectivity index (χ1v) is 12.2. The van der Waals surface area contributed by atoms with Crippen molar-refractivity contribution in [3.8, 4) is 0 Å². The molecular weight excluding hydrogens is 440 g/mol. The summed E-state index contributed by atoms with van der Waals surface area (Å²) in [5.41, 5.74) is 2.57. The SMILES string of the molecule is Cc1ccc2oc(C(=O)Nc3sc4c(c3C(=O)NC[C@@H]3CCCO3)CCCC4)cc(=O)c2c1. The molecule has 5 rings (SSSR count). The summed E-state index contributed by atoms with van der Waals surface area (Å²) in [4.78, 5) is 39.9. The van der Waals surface area contributed by atoms with E-state index < -0.39 is 5.91 Å². The molecule has 3 heterocycles. The Kier molecular flexibility index (Phi) is 6.03. The first-order chi connectivity index (χ1) is 16.0. The molecule has 1 aliphatic heterocycles. The van der Waals surface area contributed by atoms with Crippen molar-refractivity contribution in [2.75, 3.05) is 18.5 Å². The van der Waals surface area contributed by atoms with E-state index in [-0.39, 0.29) is 23.2 Å². The zero-order chi connectivity index (χ0) is 22.9. The number of fused-ring (bicyclic) bond motifs is 2. The second kappa shape index (κ2) is 9.11. The van der Waals surface area contributed by atoms with Gasteiger partial charge in [-0.25, -0.2) is 0 Å². The average Bonchev–Trinajstić information content (AvgIpc) is 3.45. The largest absolute Gasteiger partial charge is 0.451 e. The molecule has 0 radical (unpaired) electrons. The van der Waals surface area contributed by atoms with Crippen molar-refractivity contribution in [1.82, 2.24) is 5.32 Å². The highest BCUT2D eigenvalue weighted by Crippen LogP contribution is 2.38. The molecule has 7 nitrogen and oxygen atoms in total. The van der Waals surface area contributed by atoms with Crippen LogP contribution < -0.4 is 16.1 Å². The van der Waals surface area contributed by atoms with Gasteiger partial charge in [-0.15, -0.1) is 11.3 Å². The summed E-state index contributed by atoms with van der Waals surface area (Å²) < 4.78 is 11.3. The molecule has 0 bridgehead atoms. The van der Waals surface area contributed by atoms with Crippen LogP contribution in [0.2, 0.25) is 0 Å². The van der Waals surface area contributed by atoms with Gasteiger partial charge in [-0.2, -0.15) is 0 Å². The van der Waals surface area contributed by atoms with Crippen molar-refractivity contribution < 1.29 is 18.7 Å². The van der Waals surface area contributed by atoms with Crippen molar-refractivity contribution in [1.29, 1.82) is 0 Å². The first kappa shape index (κ1) is 21.9. The first-order valence-electron chi connectivity index (χ1n) is 11.4. The maximum absolute atomic E-state index is 13.1. The third-order valence-corrected chi connectivity index (χ3v) is 7.45. The maximum Gasteiger partial charge on any atom is 0.292 e. The Labute approximate surface area is 195 Å². The predicted octanol–water partition coefficient (Wildman–Crippen LogP) is 4.20. The van der Waals surface area contributed by atoms with Crippen LogP contribution in [0.5, 0.6) is 0 Å². The van der Waals surface area contributed by atoms with Gasteiger partial charge in [-0.05, 0) is 63.1 Å². The molecule has 2 N–H and O–H groups in total. The van der Waals surface area contributed by atoms with E-state index in [0.717, 1.165) is 61.1 Å². The molecule has 8 heteroatoms. The van der Waals surface area contributed by atoms with Gasteiger partial charge in [0, 0.05) is 24.1 Å². The summed E-state index contributed by atoms with van der Waals surface area (Å²) in [7, 11) is 0. The van der Waals surface area contributed by atoms with Crippen molar-refractivity contribution in [3.63, 3.8) is 0 Å². The molecule has 1 saturated heterocycles. The molecule has 2 aliphatic rings. The zero-order valence-electron chi connectivity index (χ0n) is 18.5. The van der Waals surface area contributed by atoms with Crippen LogP contribution in [-0.2, 0) is 17.6 Å². The van der Waals surface area contributed by atoms with Gasteiger partial charge >= 0.3 is 0 Å². The highest BCUT2D eigenvalue weighted by Gasteiger charge is 2.28. The van der Waals surface area contributed by atoms with Crippen molar-refractivity contribution in [2.24, 2.45) is 0 Å². The molecule has 1 aromatic carbocycles. The highest BCUT2D eigenvalue weighted by atomic mass is 32.1. The number of ether oxygens (including phenoxy) is 1. The molecule has 2 aromatic heterocycles. The molecule has 1 fully saturated rings. The second-order valence-electron chi connectivity index (χ2n) is 8.69. The number of aryl methyl sites for hydroxylation is 2. The van der Waals surface area contributed by atoms with Crippen LogP contribution in [0, 0.1) is 6.92 Å². The minimum Gasteiger partial charge on any atom is -0.451 e. The number of rotatable bonds is 5. The van der Waals surface area contributed by atoms with E-state index in [0.29, 0.717) is 28.1 Å². The minimum absolute atomic E-state index is 0.0389. The van der Waals surface area contributed by atoms with Gasteiger partial charge in [0.25, 0.3) is 11.8 Å². The Hall–Kier alpha value is -2.97. The van der Waals surface area contributed by atoms with E-state index in [2.05, 4.69) is 10.6 Å². The number of hydrogen-bond acceptors (Lipinski definition) is 6. The number of hydrogen-bond donors (Lipinski definition) is 2. The summed E-state index contributed by atoms with van der Waals surface area (Å²) in [5, 5.41) is 6.78. The molecule has 0 unspecified atom stereocenters. The summed E-state index contributed by atoms with van der Waals surface area (Å²) in [5.74, 6) is -0.814. The number of benzene rings is 1. The van der Waals surface area contributed by atoms with Crippen LogP contribution in [-0.4, -0.2) is 31.1 Å². The van der Waals surface area contributed by atoms with Crippen LogP contribution in [0.15, 0.2) is 33.5 Å². The van der Waals surface area contributed by atoms with Gasteiger partial charge in [-0.1, -0.05) is 11.6 Å². The molecule has 1 atom stereocenters. The molecule has 0 spiro atoms. The quantitative estimate of drug-likeness (QED) is 0.587. The molecule has 1 aliphatic carbocycles. The Bertz CT molecular complexity index is 1290. The summed E-state index contributed by atoms with van der Waals surface area (Å²) in [6.45, 7) is 3.07. The lowest BCUT2D eigenvalue weighted by Crippen LogP contribution is -2.32. The minimum atomic E-state index is -0.540. The lowest BCUT2D eigenvalue weighted by molar-refractivity contribution is 0.0858. The number of anilines is 1. The normalized spacial score (nSPS) is 17.7. The standard InChI is InChI=1S/C25H26N2O5S/c1-14-8-9-19-17(11-14)18(28)12-20(32-19)23(29)27-25-22(16-6-2-3-7-21(16)33-25)24(30)26-13-15-5-4-10-31-15/h8-9,11-12,15H,2-7,10,13H2,1H3,(H,26,30)(H,27,29)/t15-/m0/s1. The van der Waals surface area contributed by atoms with E-state index in [4.69, 9.17) is 9.15 Å². The monoisotopic (exact) mass is 466 g/mol. The maximum atomic E-state index is 13.1. The zero-order valence-corrected chi connectivity index (χ0v) is 19.3. The number of thiophene rings is 1. The van der Waals surface area contributed by atoms with Crippen LogP contribution >= 0.6 is 11.3 Å². The van der Waals surface area contributed by atoms with Gasteiger partial charge in [0.2, 0.25) is 0 Å². The van der Waals surface area contributed by atoms with Crippen LogP contribution in [0.1, 0.15) is 62.6 Å². The number of carbonyl (C=O) groups excluding carboxylic acids is 2. The number of amides is 2. The second-order valence-corrected chi connectivity index (χ2v) is 9.79. The molecule has 3 aromatic rings. The molecule has 0 saturated carbocycles. The van der Waals surface area contributed by atoms with Crippen LogP contribution in [0.4, 0.5) is 5.00 Å². The Balaban J connectivity index is 1.43. The Morgan fingerprint density at radius 2 is 1.97 bits per heavy atom. The number of nitrogens with one attached hydrogen (secondary N) is 2. The van der Waals surface area contributed by atoms with Crippen molar-refractivity contribution in [3.05, 3.63) is 61.8 Å². The predicted molar refractivity (Wildman–Crippen MR) is 127 cm³/mol. The lowest BCUT2D eigenvalue weighted by atomic mass is 9.95. The molecule has 33 heavy (non-hydrogen) atoms. The molecular formula is C25H26N2O5S. The smallest absolute Gasteiger partial charge is 0.292 e. The van der Waals surface area contributed by atoms with E-state index in [1.807, 2.05) is 13.0 Å². The Morgan fingerprint density at radius 1 is 1.12 bits per heavy atom. The van der Waals surface area contributed by atoms with E-state index in [1.165, 1.54) is 17.4 Å². The van der Waals surface area contributed by atoms with Gasteiger partial charge in [0.15, 0.2) is 11.2 Å². The molecule has 172 valence electrons. The van der Waals surface area contributed by atoms with Gasteiger partial charge < -0.3 is 19.8 Å².